The van der Waals surface area contributed by atoms with Crippen LogP contribution in [-0.4, -0.2) is 23.3 Å². The van der Waals surface area contributed by atoms with E-state index in [1.54, 1.807) is 7.11 Å². The van der Waals surface area contributed by atoms with Crippen molar-refractivity contribution in [2.45, 2.75) is 37.9 Å². The predicted octanol–water partition coefficient (Wildman–Crippen LogP) is 3.01. The van der Waals surface area contributed by atoms with E-state index in [4.69, 9.17) is 14.8 Å². The average Bonchev–Trinajstić information content (AvgIpc) is 2.95. The number of benzene rings is 1. The first kappa shape index (κ1) is 12.6. The minimum Gasteiger partial charge on any atom is -0.392 e. The molecule has 1 aliphatic rings. The third-order valence-electron chi connectivity index (χ3n) is 4.09. The van der Waals surface area contributed by atoms with Crippen molar-refractivity contribution in [3.8, 4) is 0 Å². The second kappa shape index (κ2) is 5.27. The zero-order valence-electron chi connectivity index (χ0n) is 11.2. The maximum Gasteiger partial charge on any atom is 0.0705 e. The molecule has 1 N–H and O–H groups in total. The number of nitrogens with zero attached hydrogens (tertiary/aromatic N) is 1. The van der Waals surface area contributed by atoms with Crippen LogP contribution in [0.15, 0.2) is 30.3 Å². The molecule has 1 aromatic heterocycles. The van der Waals surface area contributed by atoms with E-state index in [2.05, 4.69) is 12.1 Å². The third kappa shape index (κ3) is 2.48. The molecule has 3 nitrogen and oxygen atoms in total. The third-order valence-corrected chi connectivity index (χ3v) is 4.09. The molecule has 0 bridgehead atoms. The Morgan fingerprint density at radius 3 is 2.89 bits per heavy atom. The van der Waals surface area contributed by atoms with E-state index in [0.29, 0.717) is 12.0 Å². The topological polar surface area (TPSA) is 42.4 Å². The molecule has 0 saturated heterocycles. The van der Waals surface area contributed by atoms with Gasteiger partial charge in [0.05, 0.1) is 18.2 Å². The Morgan fingerprint density at radius 2 is 2.16 bits per heavy atom. The summed E-state index contributed by atoms with van der Waals surface area (Å²) in [6.45, 7) is 0.0792. The van der Waals surface area contributed by atoms with Crippen LogP contribution in [-0.2, 0) is 11.3 Å². The van der Waals surface area contributed by atoms with Crippen LogP contribution < -0.4 is 0 Å². The molecule has 0 unspecified atom stereocenters. The Hall–Kier alpha value is -1.45. The van der Waals surface area contributed by atoms with Crippen molar-refractivity contribution in [2.24, 2.45) is 0 Å². The summed E-state index contributed by atoms with van der Waals surface area (Å²) >= 11 is 0. The zero-order chi connectivity index (χ0) is 13.2. The highest BCUT2D eigenvalue weighted by molar-refractivity contribution is 5.79. The predicted molar refractivity (Wildman–Crippen MR) is 75.1 cm³/mol. The van der Waals surface area contributed by atoms with Gasteiger partial charge in [0, 0.05) is 24.1 Å². The van der Waals surface area contributed by atoms with Crippen LogP contribution in [0.4, 0.5) is 0 Å². The Kier molecular flexibility index (Phi) is 3.49. The molecule has 0 aliphatic heterocycles. The molecule has 0 amide bonds. The molecular formula is C16H19NO2. The van der Waals surface area contributed by atoms with E-state index in [1.165, 1.54) is 5.69 Å². The van der Waals surface area contributed by atoms with Gasteiger partial charge >= 0.3 is 0 Å². The molecule has 19 heavy (non-hydrogen) atoms. The lowest BCUT2D eigenvalue weighted by molar-refractivity contribution is 0.108. The van der Waals surface area contributed by atoms with Crippen molar-refractivity contribution in [1.29, 1.82) is 0 Å². The molecule has 0 spiro atoms. The molecule has 2 atom stereocenters. The monoisotopic (exact) mass is 257 g/mol. The SMILES string of the molecule is CO[C@@H]1CC[C@@H](c2ccc3cc(CO)ccc3n2)C1. The van der Waals surface area contributed by atoms with Gasteiger partial charge in [-0.3, -0.25) is 4.98 Å². The molecule has 100 valence electrons. The van der Waals surface area contributed by atoms with Gasteiger partial charge in [0.25, 0.3) is 0 Å². The quantitative estimate of drug-likeness (QED) is 0.919. The normalized spacial score (nSPS) is 23.1. The molecule has 1 saturated carbocycles. The molecule has 1 aliphatic carbocycles. The van der Waals surface area contributed by atoms with Crippen LogP contribution in [0.5, 0.6) is 0 Å². The fourth-order valence-corrected chi connectivity index (χ4v) is 2.94. The standard InChI is InChI=1S/C16H19NO2/c1-19-14-5-3-13(9-14)16-7-4-12-8-11(10-18)2-6-15(12)17-16/h2,4,6-8,13-14,18H,3,5,9-10H2,1H3/t13-,14-/m1/s1. The van der Waals surface area contributed by atoms with Crippen LogP contribution in [0.3, 0.4) is 0 Å². The summed E-state index contributed by atoms with van der Waals surface area (Å²) in [5.74, 6) is 0.520. The molecule has 0 radical (unpaired) electrons. The Balaban J connectivity index is 1.90. The van der Waals surface area contributed by atoms with Gasteiger partial charge < -0.3 is 9.84 Å². The number of hydrogen-bond donors (Lipinski definition) is 1. The highest BCUT2D eigenvalue weighted by atomic mass is 16.5. The number of ether oxygens (including phenoxy) is 1. The number of methoxy groups -OCH3 is 1. The molecule has 1 fully saturated rings. The summed E-state index contributed by atoms with van der Waals surface area (Å²) in [6, 6.07) is 10.2. The molecule has 1 aromatic carbocycles. The van der Waals surface area contributed by atoms with E-state index >= 15 is 0 Å². The summed E-state index contributed by atoms with van der Waals surface area (Å²) < 4.78 is 5.43. The first-order chi connectivity index (χ1) is 9.30. The van der Waals surface area contributed by atoms with E-state index < -0.39 is 0 Å². The van der Waals surface area contributed by atoms with Gasteiger partial charge in [-0.25, -0.2) is 0 Å². The van der Waals surface area contributed by atoms with Crippen molar-refractivity contribution in [2.75, 3.05) is 7.11 Å². The van der Waals surface area contributed by atoms with Gasteiger partial charge in [-0.15, -0.1) is 0 Å². The second-order valence-electron chi connectivity index (χ2n) is 5.29. The maximum atomic E-state index is 9.15. The second-order valence-corrected chi connectivity index (χ2v) is 5.29. The number of rotatable bonds is 3. The number of aromatic nitrogens is 1. The number of pyridine rings is 1. The summed E-state index contributed by atoms with van der Waals surface area (Å²) in [5, 5.41) is 10.2. The van der Waals surface area contributed by atoms with Crippen LogP contribution in [0, 0.1) is 0 Å². The molecule has 1 heterocycles. The minimum absolute atomic E-state index is 0.0792. The highest BCUT2D eigenvalue weighted by Crippen LogP contribution is 2.35. The van der Waals surface area contributed by atoms with Crippen molar-refractivity contribution < 1.29 is 9.84 Å². The van der Waals surface area contributed by atoms with Crippen molar-refractivity contribution >= 4 is 10.9 Å². The van der Waals surface area contributed by atoms with Crippen LogP contribution >= 0.6 is 0 Å². The Morgan fingerprint density at radius 1 is 1.26 bits per heavy atom. The maximum absolute atomic E-state index is 9.15. The number of aliphatic hydroxyl groups is 1. The molecule has 2 aromatic rings. The van der Waals surface area contributed by atoms with Crippen LogP contribution in [0.2, 0.25) is 0 Å². The highest BCUT2D eigenvalue weighted by Gasteiger charge is 2.26. The van der Waals surface area contributed by atoms with Gasteiger partial charge in [-0.1, -0.05) is 12.1 Å². The van der Waals surface area contributed by atoms with Crippen LogP contribution in [0.25, 0.3) is 10.9 Å². The lowest BCUT2D eigenvalue weighted by atomic mass is 10.0. The number of fused-ring (bicyclic) bond motifs is 1. The Bertz CT molecular complexity index is 582. The van der Waals surface area contributed by atoms with Crippen molar-refractivity contribution in [1.82, 2.24) is 4.98 Å². The lowest BCUT2D eigenvalue weighted by Crippen LogP contribution is -2.05. The van der Waals surface area contributed by atoms with Gasteiger partial charge in [-0.05, 0) is 43.0 Å². The number of aliphatic hydroxyl groups excluding tert-OH is 1. The molecular weight excluding hydrogens is 238 g/mol. The Labute approximate surface area is 113 Å². The van der Waals surface area contributed by atoms with E-state index in [0.717, 1.165) is 35.7 Å². The smallest absolute Gasteiger partial charge is 0.0705 e. The summed E-state index contributed by atoms with van der Waals surface area (Å²) in [6.07, 6.45) is 3.75. The van der Waals surface area contributed by atoms with Crippen LogP contribution in [0.1, 0.15) is 36.4 Å². The molecule has 3 heteroatoms. The lowest BCUT2D eigenvalue weighted by Gasteiger charge is -2.11. The van der Waals surface area contributed by atoms with E-state index in [1.807, 2.05) is 18.2 Å². The van der Waals surface area contributed by atoms with Gasteiger partial charge in [0.15, 0.2) is 0 Å². The first-order valence-electron chi connectivity index (χ1n) is 6.83. The minimum atomic E-state index is 0.0792. The van der Waals surface area contributed by atoms with Gasteiger partial charge in [-0.2, -0.15) is 0 Å². The fraction of sp³-hybridized carbons (Fsp3) is 0.438. The van der Waals surface area contributed by atoms with Crippen molar-refractivity contribution in [3.05, 3.63) is 41.6 Å². The van der Waals surface area contributed by atoms with Crippen molar-refractivity contribution in [3.63, 3.8) is 0 Å². The van der Waals surface area contributed by atoms with Gasteiger partial charge in [0.2, 0.25) is 0 Å². The average molecular weight is 257 g/mol. The van der Waals surface area contributed by atoms with E-state index in [9.17, 15) is 0 Å². The summed E-state index contributed by atoms with van der Waals surface area (Å²) in [5.41, 5.74) is 3.11. The van der Waals surface area contributed by atoms with Gasteiger partial charge in [0.1, 0.15) is 0 Å². The summed E-state index contributed by atoms with van der Waals surface area (Å²) in [7, 11) is 1.79. The zero-order valence-corrected chi connectivity index (χ0v) is 11.2. The number of hydrogen-bond acceptors (Lipinski definition) is 3. The summed E-state index contributed by atoms with van der Waals surface area (Å²) in [4.78, 5) is 4.76. The first-order valence-corrected chi connectivity index (χ1v) is 6.83. The van der Waals surface area contributed by atoms with E-state index in [-0.39, 0.29) is 6.61 Å². The largest absolute Gasteiger partial charge is 0.392 e. The fourth-order valence-electron chi connectivity index (χ4n) is 2.94. The molecule has 3 rings (SSSR count).